The van der Waals surface area contributed by atoms with Gasteiger partial charge in [0.05, 0.1) is 30.9 Å². The first-order chi connectivity index (χ1) is 6.56. The van der Waals surface area contributed by atoms with Crippen molar-refractivity contribution in [2.45, 2.75) is 31.2 Å². The SMILES string of the molecule is CC(=O)NC1C(O)CNC(CO)C1O. The highest BCUT2D eigenvalue weighted by Gasteiger charge is 2.37. The van der Waals surface area contributed by atoms with Crippen molar-refractivity contribution in [3.8, 4) is 0 Å². The van der Waals surface area contributed by atoms with Gasteiger partial charge in [0.25, 0.3) is 0 Å². The van der Waals surface area contributed by atoms with Crippen LogP contribution in [0.1, 0.15) is 6.92 Å². The Labute approximate surface area is 81.9 Å². The number of rotatable bonds is 2. The largest absolute Gasteiger partial charge is 0.395 e. The van der Waals surface area contributed by atoms with E-state index in [0.717, 1.165) is 0 Å². The lowest BCUT2D eigenvalue weighted by Gasteiger charge is -2.38. The van der Waals surface area contributed by atoms with E-state index in [1.54, 1.807) is 0 Å². The van der Waals surface area contributed by atoms with Gasteiger partial charge < -0.3 is 26.0 Å². The van der Waals surface area contributed by atoms with E-state index in [4.69, 9.17) is 5.11 Å². The van der Waals surface area contributed by atoms with Crippen molar-refractivity contribution in [2.75, 3.05) is 13.2 Å². The lowest BCUT2D eigenvalue weighted by atomic mass is 9.94. The fraction of sp³-hybridized carbons (Fsp3) is 0.875. The van der Waals surface area contributed by atoms with E-state index in [-0.39, 0.29) is 19.1 Å². The highest BCUT2D eigenvalue weighted by Crippen LogP contribution is 2.10. The van der Waals surface area contributed by atoms with Gasteiger partial charge in [-0.1, -0.05) is 0 Å². The van der Waals surface area contributed by atoms with Gasteiger partial charge in [-0.05, 0) is 0 Å². The number of aliphatic hydroxyl groups excluding tert-OH is 3. The molecule has 14 heavy (non-hydrogen) atoms. The molecule has 6 nitrogen and oxygen atoms in total. The van der Waals surface area contributed by atoms with Gasteiger partial charge in [0.1, 0.15) is 0 Å². The zero-order chi connectivity index (χ0) is 10.7. The van der Waals surface area contributed by atoms with Gasteiger partial charge in [-0.15, -0.1) is 0 Å². The Kier molecular flexibility index (Phi) is 3.82. The van der Waals surface area contributed by atoms with Crippen LogP contribution in [-0.4, -0.2) is 58.7 Å². The Morgan fingerprint density at radius 1 is 1.57 bits per heavy atom. The average molecular weight is 204 g/mol. The summed E-state index contributed by atoms with van der Waals surface area (Å²) in [5, 5.41) is 33.2. The quantitative estimate of drug-likeness (QED) is 0.334. The molecule has 4 unspecified atom stereocenters. The lowest BCUT2D eigenvalue weighted by Crippen LogP contribution is -2.65. The third kappa shape index (κ3) is 2.42. The van der Waals surface area contributed by atoms with E-state index >= 15 is 0 Å². The van der Waals surface area contributed by atoms with E-state index in [2.05, 4.69) is 10.6 Å². The van der Waals surface area contributed by atoms with Crippen molar-refractivity contribution in [3.63, 3.8) is 0 Å². The number of hydrogen-bond donors (Lipinski definition) is 5. The van der Waals surface area contributed by atoms with Crippen LogP contribution >= 0.6 is 0 Å². The number of piperidine rings is 1. The molecule has 1 aliphatic rings. The molecular weight excluding hydrogens is 188 g/mol. The van der Waals surface area contributed by atoms with Gasteiger partial charge in [0.15, 0.2) is 0 Å². The summed E-state index contributed by atoms with van der Waals surface area (Å²) < 4.78 is 0. The molecule has 0 spiro atoms. The predicted octanol–water partition coefficient (Wildman–Crippen LogP) is -2.82. The van der Waals surface area contributed by atoms with Crippen LogP contribution < -0.4 is 10.6 Å². The number of β-amino-alcohol motifs (C(OH)–C–C–N with tert-alkyl or cyclic N) is 1. The summed E-state index contributed by atoms with van der Waals surface area (Å²) in [6, 6.07) is -1.22. The third-order valence-corrected chi connectivity index (χ3v) is 2.35. The maximum absolute atomic E-state index is 10.8. The number of carbonyl (C=O) groups is 1. The zero-order valence-electron chi connectivity index (χ0n) is 7.97. The topological polar surface area (TPSA) is 102 Å². The highest BCUT2D eigenvalue weighted by atomic mass is 16.3. The van der Waals surface area contributed by atoms with Crippen LogP contribution in [0.15, 0.2) is 0 Å². The van der Waals surface area contributed by atoms with E-state index in [9.17, 15) is 15.0 Å². The van der Waals surface area contributed by atoms with Gasteiger partial charge in [0.2, 0.25) is 5.91 Å². The Balaban J connectivity index is 2.63. The summed E-state index contributed by atoms with van der Waals surface area (Å²) >= 11 is 0. The van der Waals surface area contributed by atoms with Gasteiger partial charge in [-0.25, -0.2) is 0 Å². The molecule has 0 radical (unpaired) electrons. The second kappa shape index (κ2) is 4.70. The second-order valence-corrected chi connectivity index (χ2v) is 3.48. The van der Waals surface area contributed by atoms with E-state index in [1.165, 1.54) is 6.92 Å². The third-order valence-electron chi connectivity index (χ3n) is 2.35. The summed E-state index contributed by atoms with van der Waals surface area (Å²) in [5.41, 5.74) is 0. The molecule has 1 saturated heterocycles. The minimum Gasteiger partial charge on any atom is -0.395 e. The number of nitrogens with one attached hydrogen (secondary N) is 2. The van der Waals surface area contributed by atoms with Crippen LogP contribution in [0.2, 0.25) is 0 Å². The molecule has 1 amide bonds. The molecular formula is C8H16N2O4. The molecule has 82 valence electrons. The molecule has 0 bridgehead atoms. The number of aliphatic hydroxyl groups is 3. The minimum atomic E-state index is -0.979. The second-order valence-electron chi connectivity index (χ2n) is 3.48. The number of hydrogen-bond acceptors (Lipinski definition) is 5. The Bertz CT molecular complexity index is 212. The predicted molar refractivity (Wildman–Crippen MR) is 48.5 cm³/mol. The number of carbonyl (C=O) groups excluding carboxylic acids is 1. The molecule has 6 heteroatoms. The molecule has 1 rings (SSSR count). The molecule has 0 aromatic rings. The van der Waals surface area contributed by atoms with Crippen LogP contribution in [0, 0.1) is 0 Å². The van der Waals surface area contributed by atoms with Crippen LogP contribution in [0.3, 0.4) is 0 Å². The molecule has 1 fully saturated rings. The summed E-state index contributed by atoms with van der Waals surface area (Å²) in [6.45, 7) is 1.33. The monoisotopic (exact) mass is 204 g/mol. The molecule has 4 atom stereocenters. The molecule has 0 aromatic heterocycles. The molecule has 1 aliphatic heterocycles. The maximum Gasteiger partial charge on any atom is 0.217 e. The van der Waals surface area contributed by atoms with Gasteiger partial charge in [-0.3, -0.25) is 4.79 Å². The molecule has 1 heterocycles. The van der Waals surface area contributed by atoms with Crippen molar-refractivity contribution in [1.29, 1.82) is 0 Å². The van der Waals surface area contributed by atoms with Crippen molar-refractivity contribution < 1.29 is 20.1 Å². The van der Waals surface area contributed by atoms with Crippen molar-refractivity contribution in [2.24, 2.45) is 0 Å². The molecule has 0 aliphatic carbocycles. The summed E-state index contributed by atoms with van der Waals surface area (Å²) in [5.74, 6) is -0.313. The zero-order valence-corrected chi connectivity index (χ0v) is 7.97. The van der Waals surface area contributed by atoms with Crippen LogP contribution in [-0.2, 0) is 4.79 Å². The van der Waals surface area contributed by atoms with Gasteiger partial charge >= 0.3 is 0 Å². The summed E-state index contributed by atoms with van der Waals surface area (Å²) in [4.78, 5) is 10.8. The number of amides is 1. The van der Waals surface area contributed by atoms with Crippen molar-refractivity contribution in [3.05, 3.63) is 0 Å². The van der Waals surface area contributed by atoms with Crippen LogP contribution in [0.25, 0.3) is 0 Å². The molecule has 5 N–H and O–H groups in total. The first kappa shape index (κ1) is 11.4. The Morgan fingerprint density at radius 3 is 2.71 bits per heavy atom. The summed E-state index contributed by atoms with van der Waals surface area (Å²) in [6.07, 6.45) is -1.82. The smallest absolute Gasteiger partial charge is 0.217 e. The average Bonchev–Trinajstić information content (AvgIpc) is 2.12. The van der Waals surface area contributed by atoms with E-state index in [0.29, 0.717) is 0 Å². The van der Waals surface area contributed by atoms with Crippen LogP contribution in [0.4, 0.5) is 0 Å². The Morgan fingerprint density at radius 2 is 2.21 bits per heavy atom. The van der Waals surface area contributed by atoms with Crippen LogP contribution in [0.5, 0.6) is 0 Å². The normalized spacial score (nSPS) is 38.0. The van der Waals surface area contributed by atoms with Crippen molar-refractivity contribution >= 4 is 5.91 Å². The maximum atomic E-state index is 10.8. The lowest BCUT2D eigenvalue weighted by molar-refractivity contribution is -0.123. The van der Waals surface area contributed by atoms with E-state index in [1.807, 2.05) is 0 Å². The molecule has 0 saturated carbocycles. The fourth-order valence-corrected chi connectivity index (χ4v) is 1.59. The van der Waals surface area contributed by atoms with Gasteiger partial charge in [0, 0.05) is 13.5 Å². The first-order valence-electron chi connectivity index (χ1n) is 4.53. The summed E-state index contributed by atoms with van der Waals surface area (Å²) in [7, 11) is 0. The Hall–Kier alpha value is -0.690. The minimum absolute atomic E-state index is 0.232. The first-order valence-corrected chi connectivity index (χ1v) is 4.53. The van der Waals surface area contributed by atoms with Gasteiger partial charge in [-0.2, -0.15) is 0 Å². The fourth-order valence-electron chi connectivity index (χ4n) is 1.59. The highest BCUT2D eigenvalue weighted by molar-refractivity contribution is 5.73. The van der Waals surface area contributed by atoms with E-state index < -0.39 is 24.3 Å². The standard InChI is InChI=1S/C8H16N2O4/c1-4(12)10-7-6(13)2-9-5(3-11)8(7)14/h5-9,11,13-14H,2-3H2,1H3,(H,10,12). The molecule has 0 aromatic carbocycles. The van der Waals surface area contributed by atoms with Crippen molar-refractivity contribution in [1.82, 2.24) is 10.6 Å².